The Kier molecular flexibility index (Phi) is 3.51. The lowest BCUT2D eigenvalue weighted by Crippen LogP contribution is -2.07. The molecule has 3 N–H and O–H groups in total. The highest BCUT2D eigenvalue weighted by molar-refractivity contribution is 5.95. The lowest BCUT2D eigenvalue weighted by molar-refractivity contribution is -0.112. The average molecular weight is 219 g/mol. The molecular weight excluding hydrogens is 210 g/mol. The van der Waals surface area contributed by atoms with Gasteiger partial charge in [0.15, 0.2) is 0 Å². The predicted molar refractivity (Wildman–Crippen MR) is 56.0 cm³/mol. The molecule has 0 aliphatic heterocycles. The van der Waals surface area contributed by atoms with Gasteiger partial charge in [0, 0.05) is 11.5 Å². The molecule has 0 bridgehead atoms. The summed E-state index contributed by atoms with van der Waals surface area (Å²) < 4.78 is 4.88. The van der Waals surface area contributed by atoms with Crippen LogP contribution in [0.3, 0.4) is 0 Å². The molecule has 0 saturated carbocycles. The third-order valence-corrected chi connectivity index (χ3v) is 1.78. The van der Waals surface area contributed by atoms with Crippen LogP contribution >= 0.6 is 0 Å². The highest BCUT2D eigenvalue weighted by atomic mass is 16.5. The first-order chi connectivity index (χ1) is 7.54. The summed E-state index contributed by atoms with van der Waals surface area (Å²) in [6, 6.07) is 4.34. The molecule has 0 fully saturated rings. The number of benzene rings is 1. The van der Waals surface area contributed by atoms with Gasteiger partial charge in [-0.05, 0) is 18.2 Å². The molecule has 0 heterocycles. The third-order valence-electron chi connectivity index (χ3n) is 1.78. The lowest BCUT2D eigenvalue weighted by Gasteiger charge is -2.03. The number of carboxylic acids is 1. The number of primary amides is 1. The molecule has 0 atom stereocenters. The fourth-order valence-electron chi connectivity index (χ4n) is 1.07. The van der Waals surface area contributed by atoms with Gasteiger partial charge in [-0.2, -0.15) is 0 Å². The zero-order valence-electron chi connectivity index (χ0n) is 8.48. The molecule has 0 aromatic heterocycles. The summed E-state index contributed by atoms with van der Waals surface area (Å²) in [5.41, 5.74) is 5.02. The van der Waals surface area contributed by atoms with Crippen molar-refractivity contribution in [2.75, 3.05) is 7.11 Å². The Bertz CT molecular complexity index is 496. The molecule has 1 rings (SSSR count). The quantitative estimate of drug-likeness (QED) is 0.697. The number of amides is 1. The zero-order chi connectivity index (χ0) is 12.1. The second-order valence-electron chi connectivity index (χ2n) is 2.83. The van der Waals surface area contributed by atoms with Crippen molar-refractivity contribution < 1.29 is 19.4 Å². The van der Waals surface area contributed by atoms with Crippen molar-refractivity contribution in [3.63, 3.8) is 0 Å². The van der Waals surface area contributed by atoms with Crippen LogP contribution in [0.25, 0.3) is 0 Å². The Balaban J connectivity index is 3.25. The molecule has 5 nitrogen and oxygen atoms in total. The fourth-order valence-corrected chi connectivity index (χ4v) is 1.07. The standard InChI is InChI=1S/C11H9NO4/c1-16-8-4-2-7(3-5-10(12)13)9(6-8)11(14)15/h2,4,6H,1H3,(H2,12,13)(H,14,15). The first kappa shape index (κ1) is 11.6. The van der Waals surface area contributed by atoms with E-state index in [9.17, 15) is 9.59 Å². The maximum atomic E-state index is 10.9. The minimum absolute atomic E-state index is 0.0342. The van der Waals surface area contributed by atoms with Gasteiger partial charge in [0.1, 0.15) is 5.75 Å². The Hall–Kier alpha value is -2.48. The van der Waals surface area contributed by atoms with Crippen molar-refractivity contribution >= 4 is 11.9 Å². The second-order valence-corrected chi connectivity index (χ2v) is 2.83. The van der Waals surface area contributed by atoms with Crippen molar-refractivity contribution in [1.29, 1.82) is 0 Å². The van der Waals surface area contributed by atoms with Gasteiger partial charge in [-0.3, -0.25) is 4.79 Å². The largest absolute Gasteiger partial charge is 0.497 e. The number of carbonyl (C=O) groups is 2. The average Bonchev–Trinajstić information content (AvgIpc) is 2.25. The number of aromatic carboxylic acids is 1. The van der Waals surface area contributed by atoms with Crippen LogP contribution in [0.4, 0.5) is 0 Å². The van der Waals surface area contributed by atoms with Crippen LogP contribution < -0.4 is 10.5 Å². The molecule has 0 aliphatic rings. The van der Waals surface area contributed by atoms with E-state index >= 15 is 0 Å². The number of rotatable bonds is 2. The molecule has 0 spiro atoms. The normalized spacial score (nSPS) is 8.81. The number of hydrogen-bond acceptors (Lipinski definition) is 3. The summed E-state index contributed by atoms with van der Waals surface area (Å²) in [5.74, 6) is 2.91. The van der Waals surface area contributed by atoms with Crippen molar-refractivity contribution in [3.8, 4) is 17.6 Å². The molecule has 16 heavy (non-hydrogen) atoms. The van der Waals surface area contributed by atoms with Gasteiger partial charge in [0.25, 0.3) is 5.91 Å². The van der Waals surface area contributed by atoms with E-state index in [1.165, 1.54) is 19.2 Å². The van der Waals surface area contributed by atoms with E-state index in [0.29, 0.717) is 5.75 Å². The van der Waals surface area contributed by atoms with Crippen LogP contribution in [-0.4, -0.2) is 24.1 Å². The SMILES string of the molecule is COc1ccc(C#CC(N)=O)c(C(=O)O)c1. The number of ether oxygens (including phenoxy) is 1. The molecule has 0 aliphatic carbocycles. The van der Waals surface area contributed by atoms with E-state index in [4.69, 9.17) is 15.6 Å². The van der Waals surface area contributed by atoms with E-state index in [-0.39, 0.29) is 11.1 Å². The summed E-state index contributed by atoms with van der Waals surface area (Å²) in [5, 5.41) is 8.91. The van der Waals surface area contributed by atoms with E-state index in [0.717, 1.165) is 0 Å². The number of methoxy groups -OCH3 is 1. The molecular formula is C11H9NO4. The van der Waals surface area contributed by atoms with Gasteiger partial charge >= 0.3 is 5.97 Å². The molecule has 5 heteroatoms. The Morgan fingerprint density at radius 1 is 1.44 bits per heavy atom. The van der Waals surface area contributed by atoms with Gasteiger partial charge in [-0.15, -0.1) is 0 Å². The molecule has 1 aromatic carbocycles. The van der Waals surface area contributed by atoms with Crippen LogP contribution in [0.1, 0.15) is 15.9 Å². The maximum Gasteiger partial charge on any atom is 0.337 e. The van der Waals surface area contributed by atoms with Crippen LogP contribution in [-0.2, 0) is 4.79 Å². The topological polar surface area (TPSA) is 89.6 Å². The van der Waals surface area contributed by atoms with E-state index in [2.05, 4.69) is 11.8 Å². The minimum atomic E-state index is -1.15. The van der Waals surface area contributed by atoms with Gasteiger partial charge < -0.3 is 15.6 Å². The monoisotopic (exact) mass is 219 g/mol. The minimum Gasteiger partial charge on any atom is -0.497 e. The number of carbonyl (C=O) groups excluding carboxylic acids is 1. The van der Waals surface area contributed by atoms with E-state index in [1.54, 1.807) is 6.07 Å². The number of carboxylic acid groups (broad SMARTS) is 1. The predicted octanol–water partition coefficient (Wildman–Crippen LogP) is 0.230. The third kappa shape index (κ3) is 2.75. The van der Waals surface area contributed by atoms with Gasteiger partial charge in [0.2, 0.25) is 0 Å². The first-order valence-corrected chi connectivity index (χ1v) is 4.27. The van der Waals surface area contributed by atoms with Crippen LogP contribution in [0, 0.1) is 11.8 Å². The van der Waals surface area contributed by atoms with Crippen LogP contribution in [0.15, 0.2) is 18.2 Å². The highest BCUT2D eigenvalue weighted by Crippen LogP contribution is 2.16. The van der Waals surface area contributed by atoms with Crippen LogP contribution in [0.5, 0.6) is 5.75 Å². The highest BCUT2D eigenvalue weighted by Gasteiger charge is 2.09. The van der Waals surface area contributed by atoms with Crippen molar-refractivity contribution in [3.05, 3.63) is 29.3 Å². The Labute approximate surface area is 91.8 Å². The van der Waals surface area contributed by atoms with Crippen LogP contribution in [0.2, 0.25) is 0 Å². The van der Waals surface area contributed by atoms with Gasteiger partial charge in [-0.1, -0.05) is 5.92 Å². The second kappa shape index (κ2) is 4.84. The summed E-state index contributed by atoms with van der Waals surface area (Å²) in [6.07, 6.45) is 0. The molecule has 1 amide bonds. The van der Waals surface area contributed by atoms with Gasteiger partial charge in [0.05, 0.1) is 12.7 Å². The lowest BCUT2D eigenvalue weighted by atomic mass is 10.1. The smallest absolute Gasteiger partial charge is 0.337 e. The summed E-state index contributed by atoms with van der Waals surface area (Å²) in [6.45, 7) is 0. The van der Waals surface area contributed by atoms with Gasteiger partial charge in [-0.25, -0.2) is 4.79 Å². The number of hydrogen-bond donors (Lipinski definition) is 2. The van der Waals surface area contributed by atoms with Crippen molar-refractivity contribution in [1.82, 2.24) is 0 Å². The fraction of sp³-hybridized carbons (Fsp3) is 0.0909. The van der Waals surface area contributed by atoms with Crippen molar-refractivity contribution in [2.24, 2.45) is 5.73 Å². The molecule has 0 saturated heterocycles. The Morgan fingerprint density at radius 2 is 2.12 bits per heavy atom. The molecule has 0 unspecified atom stereocenters. The molecule has 0 radical (unpaired) electrons. The Morgan fingerprint density at radius 3 is 2.62 bits per heavy atom. The number of nitrogens with two attached hydrogens (primary N) is 1. The molecule has 1 aromatic rings. The first-order valence-electron chi connectivity index (χ1n) is 4.27. The summed E-state index contributed by atoms with van der Waals surface area (Å²) >= 11 is 0. The van der Waals surface area contributed by atoms with Crippen molar-refractivity contribution in [2.45, 2.75) is 0 Å². The van der Waals surface area contributed by atoms with E-state index < -0.39 is 11.9 Å². The zero-order valence-corrected chi connectivity index (χ0v) is 8.48. The maximum absolute atomic E-state index is 10.9. The summed E-state index contributed by atoms with van der Waals surface area (Å²) in [4.78, 5) is 21.3. The summed E-state index contributed by atoms with van der Waals surface area (Å²) in [7, 11) is 1.43. The molecule has 82 valence electrons. The van der Waals surface area contributed by atoms with E-state index in [1.807, 2.05) is 0 Å².